The monoisotopic (exact) mass is 401 g/mol. The molecule has 148 valence electrons. The van der Waals surface area contributed by atoms with Crippen molar-refractivity contribution in [3.05, 3.63) is 45.3 Å². The van der Waals surface area contributed by atoms with E-state index in [1.807, 2.05) is 20.8 Å². The minimum Gasteiger partial charge on any atom is -0.493 e. The van der Waals surface area contributed by atoms with Crippen molar-refractivity contribution in [3.63, 3.8) is 0 Å². The second-order valence-corrected chi connectivity index (χ2v) is 7.51. The molecule has 0 atom stereocenters. The molecule has 0 bridgehead atoms. The molecule has 0 saturated carbocycles. The van der Waals surface area contributed by atoms with Gasteiger partial charge in [-0.3, -0.25) is 14.2 Å². The van der Waals surface area contributed by atoms with Crippen molar-refractivity contribution in [2.45, 2.75) is 33.7 Å². The van der Waals surface area contributed by atoms with E-state index in [0.29, 0.717) is 29.2 Å². The molecule has 28 heavy (non-hydrogen) atoms. The van der Waals surface area contributed by atoms with E-state index in [9.17, 15) is 9.59 Å². The number of methoxy groups -OCH3 is 1. The van der Waals surface area contributed by atoms with Gasteiger partial charge in [0.1, 0.15) is 4.83 Å². The molecule has 3 rings (SSSR count). The molecule has 0 aliphatic carbocycles. The second-order valence-electron chi connectivity index (χ2n) is 6.30. The molecule has 0 aliphatic heterocycles. The fourth-order valence-electron chi connectivity index (χ4n) is 2.89. The Hall–Kier alpha value is -2.87. The van der Waals surface area contributed by atoms with Crippen LogP contribution in [-0.2, 0) is 11.3 Å². The van der Waals surface area contributed by atoms with Crippen LogP contribution in [-0.4, -0.2) is 29.2 Å². The Morgan fingerprint density at radius 3 is 2.79 bits per heavy atom. The fraction of sp³-hybridized carbons (Fsp3) is 0.350. The predicted molar refractivity (Wildman–Crippen MR) is 111 cm³/mol. The lowest BCUT2D eigenvalue weighted by Gasteiger charge is -2.12. The summed E-state index contributed by atoms with van der Waals surface area (Å²) in [5.41, 5.74) is 1.45. The van der Waals surface area contributed by atoms with Crippen LogP contribution >= 0.6 is 11.3 Å². The van der Waals surface area contributed by atoms with E-state index in [2.05, 4.69) is 10.3 Å². The van der Waals surface area contributed by atoms with Crippen molar-refractivity contribution in [1.82, 2.24) is 9.55 Å². The lowest BCUT2D eigenvalue weighted by atomic mass is 10.2. The highest BCUT2D eigenvalue weighted by Crippen LogP contribution is 2.30. The fourth-order valence-corrected chi connectivity index (χ4v) is 3.88. The number of hydrogen-bond acceptors (Lipinski definition) is 6. The van der Waals surface area contributed by atoms with Gasteiger partial charge in [0.05, 0.1) is 25.4 Å². The molecule has 0 unspecified atom stereocenters. The summed E-state index contributed by atoms with van der Waals surface area (Å²) in [5.74, 6) is 0.973. The molecule has 2 heterocycles. The lowest BCUT2D eigenvalue weighted by molar-refractivity contribution is -0.116. The molecule has 8 heteroatoms. The molecule has 0 saturated heterocycles. The average Bonchev–Trinajstić information content (AvgIpc) is 2.97. The Balaban J connectivity index is 1.69. The number of aryl methyl sites for hydroxylation is 3. The van der Waals surface area contributed by atoms with E-state index >= 15 is 0 Å². The smallest absolute Gasteiger partial charge is 0.262 e. The highest BCUT2D eigenvalue weighted by Gasteiger charge is 2.13. The third kappa shape index (κ3) is 4.01. The zero-order chi connectivity index (χ0) is 20.3. The first-order valence-electron chi connectivity index (χ1n) is 9.00. The summed E-state index contributed by atoms with van der Waals surface area (Å²) in [6.07, 6.45) is 1.66. The van der Waals surface area contributed by atoms with Crippen LogP contribution < -0.4 is 20.3 Å². The van der Waals surface area contributed by atoms with E-state index in [0.717, 1.165) is 15.3 Å². The van der Waals surface area contributed by atoms with Gasteiger partial charge in [-0.1, -0.05) is 0 Å². The van der Waals surface area contributed by atoms with Gasteiger partial charge in [0, 0.05) is 29.6 Å². The first-order chi connectivity index (χ1) is 13.4. The molecular weight excluding hydrogens is 378 g/mol. The Bertz CT molecular complexity index is 1070. The molecule has 0 fully saturated rings. The molecule has 0 radical (unpaired) electrons. The number of ether oxygens (including phenoxy) is 2. The van der Waals surface area contributed by atoms with Crippen LogP contribution in [0.4, 0.5) is 5.69 Å². The van der Waals surface area contributed by atoms with Crippen molar-refractivity contribution in [2.24, 2.45) is 0 Å². The van der Waals surface area contributed by atoms with Crippen LogP contribution in [0.15, 0.2) is 29.3 Å². The zero-order valence-corrected chi connectivity index (χ0v) is 17.2. The van der Waals surface area contributed by atoms with Crippen LogP contribution in [0.5, 0.6) is 11.5 Å². The second kappa shape index (κ2) is 8.43. The Morgan fingerprint density at radius 1 is 1.29 bits per heavy atom. The number of nitrogens with zero attached hydrogens (tertiary/aromatic N) is 2. The van der Waals surface area contributed by atoms with Gasteiger partial charge in [-0.25, -0.2) is 4.98 Å². The first kappa shape index (κ1) is 19.9. The number of aromatic nitrogens is 2. The minimum absolute atomic E-state index is 0.109. The minimum atomic E-state index is -0.198. The summed E-state index contributed by atoms with van der Waals surface area (Å²) in [6.45, 7) is 6.58. The number of thiophene rings is 1. The number of carbonyl (C=O) groups excluding carboxylic acids is 1. The normalized spacial score (nSPS) is 10.9. The Morgan fingerprint density at radius 2 is 2.07 bits per heavy atom. The molecule has 1 aromatic carbocycles. The average molecular weight is 401 g/mol. The van der Waals surface area contributed by atoms with Gasteiger partial charge >= 0.3 is 0 Å². The Labute approximate surface area is 166 Å². The van der Waals surface area contributed by atoms with Gasteiger partial charge in [-0.05, 0) is 38.5 Å². The first-order valence-corrected chi connectivity index (χ1v) is 9.82. The van der Waals surface area contributed by atoms with Gasteiger partial charge in [-0.2, -0.15) is 0 Å². The Kier molecular flexibility index (Phi) is 5.99. The van der Waals surface area contributed by atoms with E-state index in [1.165, 1.54) is 22.2 Å². The van der Waals surface area contributed by atoms with Crippen molar-refractivity contribution < 1.29 is 14.3 Å². The highest BCUT2D eigenvalue weighted by molar-refractivity contribution is 7.18. The summed E-state index contributed by atoms with van der Waals surface area (Å²) in [6, 6.07) is 5.21. The SMILES string of the molecule is CCOc1ccc(NC(=O)CCn2cnc3sc(C)c(C)c3c2=O)cc1OC. The maximum atomic E-state index is 12.7. The number of benzene rings is 1. The molecular formula is C20H23N3O4S. The topological polar surface area (TPSA) is 82.5 Å². The number of rotatable bonds is 7. The molecule has 1 amide bonds. The molecule has 7 nitrogen and oxygen atoms in total. The summed E-state index contributed by atoms with van der Waals surface area (Å²) in [4.78, 5) is 31.2. The number of anilines is 1. The molecule has 0 spiro atoms. The van der Waals surface area contributed by atoms with Gasteiger partial charge in [0.2, 0.25) is 5.91 Å². The van der Waals surface area contributed by atoms with Crippen molar-refractivity contribution in [2.75, 3.05) is 19.0 Å². The van der Waals surface area contributed by atoms with E-state index < -0.39 is 0 Å². The van der Waals surface area contributed by atoms with Crippen LogP contribution in [0.25, 0.3) is 10.2 Å². The zero-order valence-electron chi connectivity index (χ0n) is 16.4. The molecule has 2 aromatic heterocycles. The van der Waals surface area contributed by atoms with Gasteiger partial charge in [-0.15, -0.1) is 11.3 Å². The van der Waals surface area contributed by atoms with Crippen molar-refractivity contribution in [1.29, 1.82) is 0 Å². The maximum Gasteiger partial charge on any atom is 0.262 e. The number of nitrogens with one attached hydrogen (secondary N) is 1. The number of fused-ring (bicyclic) bond motifs is 1. The number of carbonyl (C=O) groups is 1. The number of hydrogen-bond donors (Lipinski definition) is 1. The van der Waals surface area contributed by atoms with Crippen molar-refractivity contribution in [3.8, 4) is 11.5 Å². The molecule has 3 aromatic rings. The van der Waals surface area contributed by atoms with Gasteiger partial charge in [0.15, 0.2) is 11.5 Å². The maximum absolute atomic E-state index is 12.7. The summed E-state index contributed by atoms with van der Waals surface area (Å²) in [7, 11) is 1.55. The van der Waals surface area contributed by atoms with E-state index in [-0.39, 0.29) is 24.4 Å². The van der Waals surface area contributed by atoms with Gasteiger partial charge in [0.25, 0.3) is 5.56 Å². The summed E-state index contributed by atoms with van der Waals surface area (Å²) >= 11 is 1.51. The quantitative estimate of drug-likeness (QED) is 0.655. The standard InChI is InChI=1S/C20H23N3O4S/c1-5-27-15-7-6-14(10-16(15)26-4)22-17(24)8-9-23-11-21-19-18(20(23)25)12(2)13(3)28-19/h6-7,10-11H,5,8-9H2,1-4H3,(H,22,24). The highest BCUT2D eigenvalue weighted by atomic mass is 32.1. The predicted octanol–water partition coefficient (Wildman–Crippen LogP) is 3.51. The molecule has 1 N–H and O–H groups in total. The van der Waals surface area contributed by atoms with Gasteiger partial charge < -0.3 is 14.8 Å². The molecule has 0 aliphatic rings. The van der Waals surface area contributed by atoms with Crippen molar-refractivity contribution >= 4 is 33.1 Å². The van der Waals surface area contributed by atoms with Crippen LogP contribution in [0.2, 0.25) is 0 Å². The summed E-state index contributed by atoms with van der Waals surface area (Å²) in [5, 5.41) is 3.46. The largest absolute Gasteiger partial charge is 0.493 e. The van der Waals surface area contributed by atoms with Crippen LogP contribution in [0.1, 0.15) is 23.8 Å². The van der Waals surface area contributed by atoms with Crippen LogP contribution in [0, 0.1) is 13.8 Å². The third-order valence-corrected chi connectivity index (χ3v) is 5.60. The van der Waals surface area contributed by atoms with E-state index in [4.69, 9.17) is 9.47 Å². The summed E-state index contributed by atoms with van der Waals surface area (Å²) < 4.78 is 12.2. The lowest BCUT2D eigenvalue weighted by Crippen LogP contribution is -2.23. The third-order valence-electron chi connectivity index (χ3n) is 4.48. The van der Waals surface area contributed by atoms with E-state index in [1.54, 1.807) is 25.3 Å². The number of amides is 1. The van der Waals surface area contributed by atoms with Crippen LogP contribution in [0.3, 0.4) is 0 Å².